The Balaban J connectivity index is 3.05. The topological polar surface area (TPSA) is 17.1 Å². The monoisotopic (exact) mass is 252 g/mol. The van der Waals surface area contributed by atoms with Crippen molar-refractivity contribution in [2.45, 2.75) is 45.4 Å². The van der Waals surface area contributed by atoms with Gasteiger partial charge in [0.1, 0.15) is 0 Å². The summed E-state index contributed by atoms with van der Waals surface area (Å²) in [6.07, 6.45) is 2.60. The van der Waals surface area contributed by atoms with E-state index in [1.54, 1.807) is 0 Å². The third-order valence-electron chi connectivity index (χ3n) is 3.45. The van der Waals surface area contributed by atoms with E-state index in [4.69, 9.17) is 11.6 Å². The zero-order chi connectivity index (χ0) is 12.9. The molecule has 0 spiro atoms. The second-order valence-corrected chi connectivity index (χ2v) is 5.35. The Kier molecular flexibility index (Phi) is 5.20. The zero-order valence-corrected chi connectivity index (χ0v) is 11.6. The van der Waals surface area contributed by atoms with E-state index in [0.29, 0.717) is 5.92 Å². The second-order valence-electron chi connectivity index (χ2n) is 5.01. The Morgan fingerprint density at radius 3 is 2.29 bits per heavy atom. The summed E-state index contributed by atoms with van der Waals surface area (Å²) < 4.78 is 0. The van der Waals surface area contributed by atoms with E-state index in [9.17, 15) is 4.79 Å². The maximum atomic E-state index is 11.9. The van der Waals surface area contributed by atoms with Gasteiger partial charge in [-0.05, 0) is 42.3 Å². The third-order valence-corrected chi connectivity index (χ3v) is 3.82. The molecule has 17 heavy (non-hydrogen) atoms. The fourth-order valence-electron chi connectivity index (χ4n) is 2.17. The Bertz CT molecular complexity index is 358. The second kappa shape index (κ2) is 6.20. The molecule has 0 aliphatic heterocycles. The van der Waals surface area contributed by atoms with Gasteiger partial charge in [-0.1, -0.05) is 51.1 Å². The fraction of sp³-hybridized carbons (Fsp3) is 0.533. The maximum absolute atomic E-state index is 11.9. The molecule has 0 aliphatic carbocycles. The molecule has 0 aromatic heterocycles. The third kappa shape index (κ3) is 3.32. The minimum atomic E-state index is -0.507. The lowest BCUT2D eigenvalue weighted by molar-refractivity contribution is -0.117. The van der Waals surface area contributed by atoms with Crippen molar-refractivity contribution in [3.63, 3.8) is 0 Å². The summed E-state index contributed by atoms with van der Waals surface area (Å²) in [5.41, 5.74) is 0.538. The molecule has 0 radical (unpaired) electrons. The quantitative estimate of drug-likeness (QED) is 0.680. The molecule has 1 aromatic rings. The van der Waals surface area contributed by atoms with Gasteiger partial charge in [-0.3, -0.25) is 4.79 Å². The molecule has 1 unspecified atom stereocenters. The number of carbonyl (C=O) groups excluding carboxylic acids is 1. The minimum Gasteiger partial charge on any atom is -0.280 e. The average molecular weight is 253 g/mol. The standard InChI is InChI=1S/C15H21ClO/c1-4-15(14(16)17,11-10-12(2)3)13-8-6-5-7-9-13/h5-9,12H,4,10-11H2,1-3H3. The van der Waals surface area contributed by atoms with Gasteiger partial charge >= 0.3 is 0 Å². The molecule has 94 valence electrons. The van der Waals surface area contributed by atoms with Gasteiger partial charge in [0.05, 0.1) is 5.41 Å². The van der Waals surface area contributed by atoms with E-state index >= 15 is 0 Å². The lowest BCUT2D eigenvalue weighted by atomic mass is 9.74. The Hall–Kier alpha value is -0.820. The number of benzene rings is 1. The molecule has 1 atom stereocenters. The van der Waals surface area contributed by atoms with E-state index in [1.807, 2.05) is 37.3 Å². The summed E-state index contributed by atoms with van der Waals surface area (Å²) in [6.45, 7) is 6.38. The summed E-state index contributed by atoms with van der Waals surface area (Å²) in [6, 6.07) is 9.91. The van der Waals surface area contributed by atoms with Crippen LogP contribution in [0.15, 0.2) is 30.3 Å². The van der Waals surface area contributed by atoms with E-state index in [-0.39, 0.29) is 5.24 Å². The van der Waals surface area contributed by atoms with Gasteiger partial charge in [0.2, 0.25) is 5.24 Å². The first-order chi connectivity index (χ1) is 8.03. The van der Waals surface area contributed by atoms with Crippen molar-refractivity contribution in [3.05, 3.63) is 35.9 Å². The number of rotatable bonds is 6. The number of hydrogen-bond acceptors (Lipinski definition) is 1. The summed E-state index contributed by atoms with van der Waals surface area (Å²) in [7, 11) is 0. The molecule has 2 heteroatoms. The number of carbonyl (C=O) groups is 1. The van der Waals surface area contributed by atoms with Crippen LogP contribution < -0.4 is 0 Å². The van der Waals surface area contributed by atoms with Gasteiger partial charge in [-0.25, -0.2) is 0 Å². The molecule has 0 N–H and O–H groups in total. The van der Waals surface area contributed by atoms with Crippen molar-refractivity contribution in [3.8, 4) is 0 Å². The van der Waals surface area contributed by atoms with Crippen LogP contribution >= 0.6 is 11.6 Å². The first-order valence-electron chi connectivity index (χ1n) is 6.28. The molecule has 0 fully saturated rings. The van der Waals surface area contributed by atoms with E-state index in [2.05, 4.69) is 13.8 Å². The predicted octanol–water partition coefficient (Wildman–Crippen LogP) is 4.54. The highest BCUT2D eigenvalue weighted by Gasteiger charge is 2.36. The van der Waals surface area contributed by atoms with Crippen LogP contribution in [-0.2, 0) is 10.2 Å². The van der Waals surface area contributed by atoms with Crippen LogP contribution in [0.2, 0.25) is 0 Å². The predicted molar refractivity (Wildman–Crippen MR) is 73.3 cm³/mol. The molecule has 1 rings (SSSR count). The first kappa shape index (κ1) is 14.2. The van der Waals surface area contributed by atoms with Crippen LogP contribution in [0.1, 0.15) is 45.6 Å². The van der Waals surface area contributed by atoms with Crippen molar-refractivity contribution in [1.82, 2.24) is 0 Å². The SMILES string of the molecule is CCC(CCC(C)C)(C(=O)Cl)c1ccccc1. The highest BCUT2D eigenvalue weighted by Crippen LogP contribution is 2.36. The molecule has 1 aromatic carbocycles. The van der Waals surface area contributed by atoms with Gasteiger partial charge in [0.15, 0.2) is 0 Å². The zero-order valence-electron chi connectivity index (χ0n) is 10.9. The van der Waals surface area contributed by atoms with Gasteiger partial charge in [-0.15, -0.1) is 0 Å². The van der Waals surface area contributed by atoms with Crippen LogP contribution in [-0.4, -0.2) is 5.24 Å². The molecule has 0 heterocycles. The Morgan fingerprint density at radius 2 is 1.88 bits per heavy atom. The van der Waals surface area contributed by atoms with Crippen molar-refractivity contribution >= 4 is 16.8 Å². The molecule has 0 bridgehead atoms. The van der Waals surface area contributed by atoms with Gasteiger partial charge < -0.3 is 0 Å². The maximum Gasteiger partial charge on any atom is 0.232 e. The van der Waals surface area contributed by atoms with Crippen LogP contribution in [0, 0.1) is 5.92 Å². The summed E-state index contributed by atoms with van der Waals surface area (Å²) in [5, 5.41) is -0.230. The van der Waals surface area contributed by atoms with Crippen molar-refractivity contribution in [2.75, 3.05) is 0 Å². The highest BCUT2D eigenvalue weighted by molar-refractivity contribution is 6.65. The smallest absolute Gasteiger partial charge is 0.232 e. The van der Waals surface area contributed by atoms with Crippen LogP contribution in [0.5, 0.6) is 0 Å². The van der Waals surface area contributed by atoms with Gasteiger partial charge in [-0.2, -0.15) is 0 Å². The first-order valence-corrected chi connectivity index (χ1v) is 6.66. The molecular formula is C15H21ClO. The molecule has 0 aliphatic rings. The average Bonchev–Trinajstić information content (AvgIpc) is 2.31. The molecule has 0 saturated carbocycles. The van der Waals surface area contributed by atoms with Crippen molar-refractivity contribution < 1.29 is 4.79 Å². The summed E-state index contributed by atoms with van der Waals surface area (Å²) >= 11 is 5.88. The molecule has 1 nitrogen and oxygen atoms in total. The van der Waals surface area contributed by atoms with E-state index in [1.165, 1.54) is 0 Å². The van der Waals surface area contributed by atoms with Crippen LogP contribution in [0.4, 0.5) is 0 Å². The lowest BCUT2D eigenvalue weighted by Gasteiger charge is -2.30. The minimum absolute atomic E-state index is 0.230. The van der Waals surface area contributed by atoms with E-state index in [0.717, 1.165) is 24.8 Å². The number of halogens is 1. The normalized spacial score (nSPS) is 14.6. The lowest BCUT2D eigenvalue weighted by Crippen LogP contribution is -2.32. The van der Waals surface area contributed by atoms with Crippen LogP contribution in [0.25, 0.3) is 0 Å². The largest absolute Gasteiger partial charge is 0.280 e. The summed E-state index contributed by atoms with van der Waals surface area (Å²) in [4.78, 5) is 11.9. The molecule has 0 saturated heterocycles. The molecule has 0 amide bonds. The highest BCUT2D eigenvalue weighted by atomic mass is 35.5. The molecular weight excluding hydrogens is 232 g/mol. The van der Waals surface area contributed by atoms with Crippen molar-refractivity contribution in [1.29, 1.82) is 0 Å². The van der Waals surface area contributed by atoms with E-state index < -0.39 is 5.41 Å². The number of hydrogen-bond donors (Lipinski definition) is 0. The summed E-state index contributed by atoms with van der Waals surface area (Å²) in [5.74, 6) is 0.584. The van der Waals surface area contributed by atoms with Gasteiger partial charge in [0, 0.05) is 0 Å². The Morgan fingerprint density at radius 1 is 1.29 bits per heavy atom. The van der Waals surface area contributed by atoms with Crippen molar-refractivity contribution in [2.24, 2.45) is 5.92 Å². The fourth-order valence-corrected chi connectivity index (χ4v) is 2.51. The Labute approximate surface area is 109 Å². The van der Waals surface area contributed by atoms with Crippen LogP contribution in [0.3, 0.4) is 0 Å². The van der Waals surface area contributed by atoms with Gasteiger partial charge in [0.25, 0.3) is 0 Å².